The Bertz CT molecular complexity index is 729. The van der Waals surface area contributed by atoms with Gasteiger partial charge in [0.25, 0.3) is 0 Å². The molecular weight excluding hydrogens is 388 g/mol. The first-order valence-corrected chi connectivity index (χ1v) is 12.6. The molecule has 0 saturated heterocycles. The van der Waals surface area contributed by atoms with Crippen LogP contribution in [0.15, 0.2) is 12.2 Å². The summed E-state index contributed by atoms with van der Waals surface area (Å²) < 4.78 is 10.5. The minimum atomic E-state index is -0.131. The summed E-state index contributed by atoms with van der Waals surface area (Å²) in [5.74, 6) is 3.85. The number of ether oxygens (including phenoxy) is 2. The Hall–Kier alpha value is -1.32. The molecule has 0 spiro atoms. The minimum absolute atomic E-state index is 0.0820. The molecule has 4 rings (SSSR count). The molecule has 9 atom stereocenters. The molecule has 31 heavy (non-hydrogen) atoms. The maximum atomic E-state index is 11.7. The lowest BCUT2D eigenvalue weighted by molar-refractivity contribution is -0.154. The average Bonchev–Trinajstić information content (AvgIpc) is 3.09. The highest BCUT2D eigenvalue weighted by atomic mass is 16.5. The smallest absolute Gasteiger partial charge is 0.305 e. The number of carbonyl (C=O) groups is 2. The van der Waals surface area contributed by atoms with Gasteiger partial charge in [-0.25, -0.2) is 0 Å². The lowest BCUT2D eigenvalue weighted by Gasteiger charge is -2.59. The maximum absolute atomic E-state index is 11.7. The number of fused-ring (bicyclic) bond motifs is 5. The predicted molar refractivity (Wildman–Crippen MR) is 121 cm³/mol. The lowest BCUT2D eigenvalue weighted by atomic mass is 9.46. The number of esters is 2. The van der Waals surface area contributed by atoms with E-state index in [9.17, 15) is 9.59 Å². The van der Waals surface area contributed by atoms with Crippen LogP contribution in [0.5, 0.6) is 0 Å². The fourth-order valence-corrected chi connectivity index (χ4v) is 8.52. The summed E-state index contributed by atoms with van der Waals surface area (Å²) in [5.41, 5.74) is 0.598. The molecule has 0 heterocycles. The zero-order valence-electron chi connectivity index (χ0n) is 20.2. The molecule has 0 bridgehead atoms. The van der Waals surface area contributed by atoms with Crippen LogP contribution in [0.1, 0.15) is 85.5 Å². The fourth-order valence-electron chi connectivity index (χ4n) is 8.52. The second-order valence-corrected chi connectivity index (χ2v) is 11.6. The van der Waals surface area contributed by atoms with Crippen molar-refractivity contribution in [2.75, 3.05) is 7.11 Å². The van der Waals surface area contributed by atoms with Gasteiger partial charge in [-0.15, -0.1) is 0 Å². The molecule has 174 valence electrons. The molecule has 4 nitrogen and oxygen atoms in total. The van der Waals surface area contributed by atoms with Gasteiger partial charge in [0, 0.05) is 13.3 Å². The molecule has 0 aromatic heterocycles. The Balaban J connectivity index is 1.50. The molecule has 4 aliphatic carbocycles. The normalized spacial score (nSPS) is 44.5. The van der Waals surface area contributed by atoms with Crippen molar-refractivity contribution < 1.29 is 19.1 Å². The first kappa shape index (κ1) is 22.9. The molecule has 3 fully saturated rings. The Kier molecular flexibility index (Phi) is 6.31. The highest BCUT2D eigenvalue weighted by Gasteiger charge is 2.59. The van der Waals surface area contributed by atoms with Gasteiger partial charge in [-0.1, -0.05) is 32.9 Å². The third-order valence-electron chi connectivity index (χ3n) is 10.2. The number of rotatable bonds is 5. The van der Waals surface area contributed by atoms with Gasteiger partial charge in [0.15, 0.2) is 0 Å². The van der Waals surface area contributed by atoms with E-state index in [0.717, 1.165) is 31.1 Å². The quantitative estimate of drug-likeness (QED) is 0.400. The highest BCUT2D eigenvalue weighted by molar-refractivity contribution is 5.69. The van der Waals surface area contributed by atoms with Crippen molar-refractivity contribution in [3.63, 3.8) is 0 Å². The molecule has 0 N–H and O–H groups in total. The Morgan fingerprint density at radius 1 is 1.13 bits per heavy atom. The average molecular weight is 431 g/mol. The number of hydrogen-bond donors (Lipinski definition) is 0. The van der Waals surface area contributed by atoms with Gasteiger partial charge in [0.1, 0.15) is 6.10 Å². The lowest BCUT2D eigenvalue weighted by Crippen LogP contribution is -2.52. The summed E-state index contributed by atoms with van der Waals surface area (Å²) in [4.78, 5) is 23.1. The fraction of sp³-hybridized carbons (Fsp3) is 0.852. The summed E-state index contributed by atoms with van der Waals surface area (Å²) in [6, 6.07) is 0. The summed E-state index contributed by atoms with van der Waals surface area (Å²) in [6.45, 7) is 8.91. The third kappa shape index (κ3) is 3.97. The third-order valence-corrected chi connectivity index (χ3v) is 10.2. The predicted octanol–water partition coefficient (Wildman–Crippen LogP) is 5.94. The van der Waals surface area contributed by atoms with Crippen molar-refractivity contribution in [2.24, 2.45) is 46.3 Å². The van der Waals surface area contributed by atoms with Crippen molar-refractivity contribution in [1.82, 2.24) is 0 Å². The largest absolute Gasteiger partial charge is 0.469 e. The first-order chi connectivity index (χ1) is 14.7. The zero-order valence-corrected chi connectivity index (χ0v) is 20.2. The first-order valence-electron chi connectivity index (χ1n) is 12.6. The van der Waals surface area contributed by atoms with Crippen molar-refractivity contribution >= 4 is 11.9 Å². The topological polar surface area (TPSA) is 52.6 Å². The van der Waals surface area contributed by atoms with E-state index in [2.05, 4.69) is 32.9 Å². The van der Waals surface area contributed by atoms with E-state index in [1.54, 1.807) is 0 Å². The molecule has 4 aliphatic rings. The molecule has 0 amide bonds. The van der Waals surface area contributed by atoms with E-state index in [4.69, 9.17) is 9.47 Å². The summed E-state index contributed by atoms with van der Waals surface area (Å²) in [7, 11) is 1.49. The summed E-state index contributed by atoms with van der Waals surface area (Å²) in [5, 5.41) is 0. The molecule has 3 saturated carbocycles. The summed E-state index contributed by atoms with van der Waals surface area (Å²) in [6.07, 6.45) is 15.2. The van der Waals surface area contributed by atoms with Gasteiger partial charge in [-0.2, -0.15) is 0 Å². The zero-order chi connectivity index (χ0) is 22.4. The summed E-state index contributed by atoms with van der Waals surface area (Å²) >= 11 is 0. The maximum Gasteiger partial charge on any atom is 0.305 e. The number of allylic oxidation sites excluding steroid dienone is 2. The van der Waals surface area contributed by atoms with E-state index in [1.165, 1.54) is 46.1 Å². The van der Waals surface area contributed by atoms with Crippen molar-refractivity contribution in [3.8, 4) is 0 Å². The molecule has 4 heteroatoms. The standard InChI is InChI=1S/C27H42O4/c1-17(6-11-25(29)30-5)22-9-10-23-21-8-7-19-16-20(31-18(2)28)12-14-26(19,3)24(21)13-15-27(22,23)4/h13,15,17,19-24H,6-12,14,16H2,1-5H3/t17-,19+,20+,21+,22-,23+,24+,26+,27-/m1/s1. The SMILES string of the molecule is COC(=O)CC[C@@H](C)[C@H]1CC[C@H]2[C@@H]3CC[C@H]4C[C@@H](OC(C)=O)CC[C@]4(C)[C@H]3C=C[C@]12C. The molecular formula is C27H42O4. The van der Waals surface area contributed by atoms with Gasteiger partial charge in [0.2, 0.25) is 0 Å². The number of hydrogen-bond acceptors (Lipinski definition) is 4. The van der Waals surface area contributed by atoms with Crippen LogP contribution in [0.3, 0.4) is 0 Å². The van der Waals surface area contributed by atoms with Crippen molar-refractivity contribution in [3.05, 3.63) is 12.2 Å². The Morgan fingerprint density at radius 2 is 1.90 bits per heavy atom. The molecule has 0 aromatic rings. The van der Waals surface area contributed by atoms with Crippen LogP contribution in [0, 0.1) is 46.3 Å². The van der Waals surface area contributed by atoms with Crippen LogP contribution < -0.4 is 0 Å². The molecule has 0 aliphatic heterocycles. The van der Waals surface area contributed by atoms with Crippen molar-refractivity contribution in [1.29, 1.82) is 0 Å². The van der Waals surface area contributed by atoms with E-state index in [1.807, 2.05) is 0 Å². The second kappa shape index (κ2) is 8.56. The van der Waals surface area contributed by atoms with Crippen molar-refractivity contribution in [2.45, 2.75) is 91.6 Å². The number of methoxy groups -OCH3 is 1. The minimum Gasteiger partial charge on any atom is -0.469 e. The van der Waals surface area contributed by atoms with Gasteiger partial charge in [-0.05, 0) is 97.7 Å². The van der Waals surface area contributed by atoms with Crippen LogP contribution >= 0.6 is 0 Å². The van der Waals surface area contributed by atoms with Gasteiger partial charge in [0.05, 0.1) is 7.11 Å². The van der Waals surface area contributed by atoms with E-state index >= 15 is 0 Å². The van der Waals surface area contributed by atoms with Gasteiger partial charge < -0.3 is 9.47 Å². The molecule has 0 radical (unpaired) electrons. The van der Waals surface area contributed by atoms with Gasteiger partial charge >= 0.3 is 11.9 Å². The van der Waals surface area contributed by atoms with Gasteiger partial charge in [-0.3, -0.25) is 9.59 Å². The van der Waals surface area contributed by atoms with Crippen LogP contribution in [0.4, 0.5) is 0 Å². The van der Waals surface area contributed by atoms with Crippen LogP contribution in [0.25, 0.3) is 0 Å². The second-order valence-electron chi connectivity index (χ2n) is 11.6. The van der Waals surface area contributed by atoms with E-state index < -0.39 is 0 Å². The van der Waals surface area contributed by atoms with E-state index in [0.29, 0.717) is 35.5 Å². The van der Waals surface area contributed by atoms with E-state index in [-0.39, 0.29) is 23.5 Å². The Labute approximate surface area is 188 Å². The van der Waals surface area contributed by atoms with Crippen LogP contribution in [-0.2, 0) is 19.1 Å². The van der Waals surface area contributed by atoms with Crippen LogP contribution in [-0.4, -0.2) is 25.2 Å². The number of carbonyl (C=O) groups excluding carboxylic acids is 2. The molecule has 0 unspecified atom stereocenters. The van der Waals surface area contributed by atoms with Crippen LogP contribution in [0.2, 0.25) is 0 Å². The monoisotopic (exact) mass is 430 g/mol. The highest BCUT2D eigenvalue weighted by Crippen LogP contribution is 2.66. The Morgan fingerprint density at radius 3 is 2.61 bits per heavy atom. The molecule has 0 aromatic carbocycles.